The lowest BCUT2D eigenvalue weighted by Gasteiger charge is -2.33. The molecule has 1 fully saturated rings. The second-order valence-electron chi connectivity index (χ2n) is 6.11. The van der Waals surface area contributed by atoms with Gasteiger partial charge in [0.1, 0.15) is 18.5 Å². The fourth-order valence-corrected chi connectivity index (χ4v) is 2.89. The Labute approximate surface area is 161 Å². The van der Waals surface area contributed by atoms with Gasteiger partial charge in [-0.3, -0.25) is 4.79 Å². The van der Waals surface area contributed by atoms with Crippen LogP contribution in [0.5, 0.6) is 17.2 Å². The molecule has 1 saturated heterocycles. The van der Waals surface area contributed by atoms with E-state index in [1.165, 1.54) is 24.3 Å². The van der Waals surface area contributed by atoms with Gasteiger partial charge in [0, 0.05) is 12.1 Å². The molecule has 2 aromatic carbocycles. The van der Waals surface area contributed by atoms with Crippen molar-refractivity contribution in [2.45, 2.75) is 12.7 Å². The van der Waals surface area contributed by atoms with Gasteiger partial charge in [0.05, 0.1) is 20.3 Å². The molecule has 0 aliphatic carbocycles. The Morgan fingerprint density at radius 2 is 1.89 bits per heavy atom. The number of benzene rings is 2. The zero-order valence-corrected chi connectivity index (χ0v) is 15.3. The second-order valence-corrected chi connectivity index (χ2v) is 6.11. The minimum absolute atomic E-state index is 0.0108. The highest BCUT2D eigenvalue weighted by atomic mass is 19.3. The summed E-state index contributed by atoms with van der Waals surface area (Å²) < 4.78 is 45.5. The maximum atomic E-state index is 12.7. The van der Waals surface area contributed by atoms with Crippen LogP contribution in [0.2, 0.25) is 0 Å². The molecule has 3 rings (SSSR count). The summed E-state index contributed by atoms with van der Waals surface area (Å²) in [6, 6.07) is 12.9. The molecule has 0 N–H and O–H groups in total. The van der Waals surface area contributed by atoms with Crippen LogP contribution in [-0.4, -0.2) is 56.9 Å². The molecular weight excluding hydrogens is 372 g/mol. The molecule has 0 saturated carbocycles. The van der Waals surface area contributed by atoms with Gasteiger partial charge in [0.2, 0.25) is 0 Å². The number of carbonyl (C=O) groups is 1. The molecule has 150 valence electrons. The van der Waals surface area contributed by atoms with Crippen molar-refractivity contribution in [3.05, 3.63) is 54.1 Å². The minimum Gasteiger partial charge on any atom is -0.493 e. The van der Waals surface area contributed by atoms with E-state index >= 15 is 0 Å². The van der Waals surface area contributed by atoms with Crippen molar-refractivity contribution in [3.63, 3.8) is 0 Å². The number of alkyl halides is 2. The van der Waals surface area contributed by atoms with Crippen LogP contribution in [0.1, 0.15) is 10.4 Å². The number of morpholine rings is 1. The molecule has 1 aliphatic heterocycles. The average molecular weight is 393 g/mol. The van der Waals surface area contributed by atoms with Crippen molar-refractivity contribution in [1.29, 1.82) is 0 Å². The Bertz CT molecular complexity index is 784. The van der Waals surface area contributed by atoms with Gasteiger partial charge >= 0.3 is 6.61 Å². The van der Waals surface area contributed by atoms with Gasteiger partial charge in [-0.2, -0.15) is 8.78 Å². The zero-order valence-electron chi connectivity index (χ0n) is 15.3. The van der Waals surface area contributed by atoms with Crippen LogP contribution in [0.25, 0.3) is 0 Å². The summed E-state index contributed by atoms with van der Waals surface area (Å²) in [5, 5.41) is 0. The molecule has 1 atom stereocenters. The summed E-state index contributed by atoms with van der Waals surface area (Å²) >= 11 is 0. The molecule has 0 bridgehead atoms. The van der Waals surface area contributed by atoms with Crippen LogP contribution in [0.3, 0.4) is 0 Å². The Kier molecular flexibility index (Phi) is 6.65. The molecular formula is C20H21F2NO5. The SMILES string of the molecule is COc1ccccc1OCC1CN(C(=O)c2ccc(OC(F)F)cc2)CCO1. The number of amides is 1. The van der Waals surface area contributed by atoms with E-state index < -0.39 is 6.61 Å². The van der Waals surface area contributed by atoms with E-state index in [2.05, 4.69) is 4.74 Å². The monoisotopic (exact) mass is 393 g/mol. The lowest BCUT2D eigenvalue weighted by molar-refractivity contribution is -0.0498. The van der Waals surface area contributed by atoms with E-state index in [9.17, 15) is 13.6 Å². The number of halogens is 2. The van der Waals surface area contributed by atoms with Crippen LogP contribution in [0, 0.1) is 0 Å². The van der Waals surface area contributed by atoms with Crippen molar-refractivity contribution in [3.8, 4) is 17.2 Å². The average Bonchev–Trinajstić information content (AvgIpc) is 2.72. The summed E-state index contributed by atoms with van der Waals surface area (Å²) in [6.45, 7) is -1.43. The van der Waals surface area contributed by atoms with Crippen LogP contribution >= 0.6 is 0 Å². The third kappa shape index (κ3) is 5.10. The molecule has 2 aromatic rings. The summed E-state index contributed by atoms with van der Waals surface area (Å²) in [5.74, 6) is 1.04. The number of rotatable bonds is 7. The van der Waals surface area contributed by atoms with E-state index in [0.29, 0.717) is 36.8 Å². The van der Waals surface area contributed by atoms with Crippen molar-refractivity contribution in [2.24, 2.45) is 0 Å². The molecule has 8 heteroatoms. The standard InChI is InChI=1S/C20H21F2NO5/c1-25-17-4-2-3-5-18(17)27-13-16-12-23(10-11-26-16)19(24)14-6-8-15(9-7-14)28-20(21)22/h2-9,16,20H,10-13H2,1H3. The van der Waals surface area contributed by atoms with Gasteiger partial charge in [0.15, 0.2) is 11.5 Å². The van der Waals surface area contributed by atoms with Crippen LogP contribution in [0.15, 0.2) is 48.5 Å². The number of hydrogen-bond donors (Lipinski definition) is 0. The maximum Gasteiger partial charge on any atom is 0.387 e. The zero-order chi connectivity index (χ0) is 19.9. The van der Waals surface area contributed by atoms with E-state index in [-0.39, 0.29) is 24.4 Å². The molecule has 0 radical (unpaired) electrons. The largest absolute Gasteiger partial charge is 0.493 e. The fourth-order valence-electron chi connectivity index (χ4n) is 2.89. The van der Waals surface area contributed by atoms with Crippen molar-refractivity contribution < 1.29 is 32.5 Å². The Morgan fingerprint density at radius 1 is 1.18 bits per heavy atom. The van der Waals surface area contributed by atoms with E-state index in [4.69, 9.17) is 14.2 Å². The topological polar surface area (TPSA) is 57.2 Å². The molecule has 6 nitrogen and oxygen atoms in total. The molecule has 0 spiro atoms. The first-order valence-electron chi connectivity index (χ1n) is 8.78. The van der Waals surface area contributed by atoms with Gasteiger partial charge in [-0.1, -0.05) is 12.1 Å². The number of para-hydroxylation sites is 2. The van der Waals surface area contributed by atoms with Crippen LogP contribution in [0.4, 0.5) is 8.78 Å². The summed E-state index contributed by atoms with van der Waals surface area (Å²) in [5.41, 5.74) is 0.396. The van der Waals surface area contributed by atoms with Gasteiger partial charge in [0.25, 0.3) is 5.91 Å². The highest BCUT2D eigenvalue weighted by Gasteiger charge is 2.26. The number of ether oxygens (including phenoxy) is 4. The number of nitrogens with zero attached hydrogens (tertiary/aromatic N) is 1. The Morgan fingerprint density at radius 3 is 2.57 bits per heavy atom. The predicted octanol–water partition coefficient (Wildman–Crippen LogP) is 3.22. The molecule has 1 amide bonds. The Balaban J connectivity index is 1.57. The second kappa shape index (κ2) is 9.36. The van der Waals surface area contributed by atoms with Gasteiger partial charge in [-0.15, -0.1) is 0 Å². The highest BCUT2D eigenvalue weighted by Crippen LogP contribution is 2.26. The molecule has 1 heterocycles. The number of methoxy groups -OCH3 is 1. The minimum atomic E-state index is -2.90. The van der Waals surface area contributed by atoms with Gasteiger partial charge in [-0.25, -0.2) is 0 Å². The molecule has 0 aromatic heterocycles. The summed E-state index contributed by atoms with van der Waals surface area (Å²) in [7, 11) is 1.57. The third-order valence-corrected chi connectivity index (χ3v) is 4.25. The summed E-state index contributed by atoms with van der Waals surface area (Å²) in [6.07, 6.45) is -0.288. The highest BCUT2D eigenvalue weighted by molar-refractivity contribution is 5.94. The van der Waals surface area contributed by atoms with Crippen molar-refractivity contribution in [2.75, 3.05) is 33.4 Å². The van der Waals surface area contributed by atoms with E-state index in [1.807, 2.05) is 12.1 Å². The smallest absolute Gasteiger partial charge is 0.387 e. The predicted molar refractivity (Wildman–Crippen MR) is 97.2 cm³/mol. The van der Waals surface area contributed by atoms with Gasteiger partial charge in [-0.05, 0) is 36.4 Å². The molecule has 1 aliphatic rings. The molecule has 1 unspecified atom stereocenters. The van der Waals surface area contributed by atoms with Crippen molar-refractivity contribution >= 4 is 5.91 Å². The van der Waals surface area contributed by atoms with Crippen molar-refractivity contribution in [1.82, 2.24) is 4.90 Å². The first kappa shape index (κ1) is 19.9. The molecule has 28 heavy (non-hydrogen) atoms. The quantitative estimate of drug-likeness (QED) is 0.723. The normalized spacial score (nSPS) is 16.7. The fraction of sp³-hybridized carbons (Fsp3) is 0.350. The number of carbonyl (C=O) groups excluding carboxylic acids is 1. The lowest BCUT2D eigenvalue weighted by atomic mass is 10.1. The lowest BCUT2D eigenvalue weighted by Crippen LogP contribution is -2.47. The van der Waals surface area contributed by atoms with E-state index in [0.717, 1.165) is 0 Å². The first-order valence-corrected chi connectivity index (χ1v) is 8.78. The number of hydrogen-bond acceptors (Lipinski definition) is 5. The van der Waals surface area contributed by atoms with Crippen LogP contribution in [-0.2, 0) is 4.74 Å². The summed E-state index contributed by atoms with van der Waals surface area (Å²) in [4.78, 5) is 14.3. The van der Waals surface area contributed by atoms with Gasteiger partial charge < -0.3 is 23.8 Å². The third-order valence-electron chi connectivity index (χ3n) is 4.25. The van der Waals surface area contributed by atoms with E-state index in [1.54, 1.807) is 24.1 Å². The Hall–Kier alpha value is -2.87. The first-order chi connectivity index (χ1) is 13.6. The van der Waals surface area contributed by atoms with Crippen LogP contribution < -0.4 is 14.2 Å². The maximum absolute atomic E-state index is 12.7.